The van der Waals surface area contributed by atoms with E-state index in [2.05, 4.69) is 26.6 Å². The van der Waals surface area contributed by atoms with Gasteiger partial charge in [0.25, 0.3) is 0 Å². The first-order chi connectivity index (χ1) is 13.0. The van der Waals surface area contributed by atoms with Gasteiger partial charge >= 0.3 is 5.97 Å². The Labute approximate surface area is 172 Å². The molecule has 2 aromatic carbocycles. The number of alkyl halides is 1. The quantitative estimate of drug-likeness (QED) is 0.440. The van der Waals surface area contributed by atoms with Crippen molar-refractivity contribution in [3.05, 3.63) is 64.1 Å². The van der Waals surface area contributed by atoms with Crippen LogP contribution in [0.3, 0.4) is 0 Å². The van der Waals surface area contributed by atoms with E-state index in [-0.39, 0.29) is 36.8 Å². The van der Waals surface area contributed by atoms with E-state index in [1.54, 1.807) is 6.92 Å². The summed E-state index contributed by atoms with van der Waals surface area (Å²) in [4.78, 5) is 23.9. The van der Waals surface area contributed by atoms with Gasteiger partial charge in [-0.3, -0.25) is 14.9 Å². The maximum Gasteiger partial charge on any atom is 0.319 e. The third kappa shape index (κ3) is 6.65. The lowest BCUT2D eigenvalue weighted by molar-refractivity contribution is -0.142. The second-order valence-electron chi connectivity index (χ2n) is 5.75. The lowest BCUT2D eigenvalue weighted by Gasteiger charge is -2.23. The third-order valence-corrected chi connectivity index (χ3v) is 4.49. The molecule has 2 aromatic rings. The van der Waals surface area contributed by atoms with Crippen LogP contribution in [0.1, 0.15) is 30.5 Å². The fourth-order valence-electron chi connectivity index (χ4n) is 2.64. The summed E-state index contributed by atoms with van der Waals surface area (Å²) in [6.45, 7) is 2.15. The number of benzene rings is 2. The number of carbonyl (C=O) groups excluding carboxylic acids is 2. The van der Waals surface area contributed by atoms with Gasteiger partial charge in [0, 0.05) is 22.5 Å². The zero-order chi connectivity index (χ0) is 19.6. The molecular formula is C20H22BrClN2O3. The van der Waals surface area contributed by atoms with E-state index in [0.717, 1.165) is 15.6 Å². The van der Waals surface area contributed by atoms with E-state index in [9.17, 15) is 9.59 Å². The molecule has 2 rings (SSSR count). The van der Waals surface area contributed by atoms with Gasteiger partial charge in [0.1, 0.15) is 0 Å². The molecule has 27 heavy (non-hydrogen) atoms. The van der Waals surface area contributed by atoms with E-state index in [0.29, 0.717) is 12.3 Å². The molecule has 0 saturated heterocycles. The Balaban J connectivity index is 2.37. The van der Waals surface area contributed by atoms with Crippen LogP contribution < -0.4 is 10.6 Å². The van der Waals surface area contributed by atoms with Gasteiger partial charge in [0.05, 0.1) is 19.2 Å². The molecule has 0 aliphatic heterocycles. The second-order valence-corrected chi connectivity index (χ2v) is 7.04. The number of ether oxygens (including phenoxy) is 1. The Kier molecular flexibility index (Phi) is 8.78. The van der Waals surface area contributed by atoms with E-state index >= 15 is 0 Å². The summed E-state index contributed by atoms with van der Waals surface area (Å²) < 4.78 is 5.89. The summed E-state index contributed by atoms with van der Waals surface area (Å²) in [6, 6.07) is 15.0. The van der Waals surface area contributed by atoms with Crippen molar-refractivity contribution in [1.82, 2.24) is 5.32 Å². The minimum absolute atomic E-state index is 0.0506. The normalized spacial score (nSPS) is 11.7. The highest BCUT2D eigenvalue weighted by Gasteiger charge is 2.20. The molecule has 5 nitrogen and oxygen atoms in total. The van der Waals surface area contributed by atoms with Crippen LogP contribution in [0.15, 0.2) is 53.0 Å². The Morgan fingerprint density at radius 3 is 2.59 bits per heavy atom. The van der Waals surface area contributed by atoms with Crippen LogP contribution in [0.4, 0.5) is 5.69 Å². The molecule has 0 saturated carbocycles. The lowest BCUT2D eigenvalue weighted by atomic mass is 9.97. The van der Waals surface area contributed by atoms with Gasteiger partial charge in [0.15, 0.2) is 0 Å². The summed E-state index contributed by atoms with van der Waals surface area (Å²) in [7, 11) is 0. The van der Waals surface area contributed by atoms with Crippen LogP contribution >= 0.6 is 27.5 Å². The first kappa shape index (κ1) is 21.4. The van der Waals surface area contributed by atoms with Crippen molar-refractivity contribution < 1.29 is 14.3 Å². The minimum Gasteiger partial charge on any atom is -0.465 e. The maximum absolute atomic E-state index is 12.1. The predicted molar refractivity (Wildman–Crippen MR) is 111 cm³/mol. The van der Waals surface area contributed by atoms with Gasteiger partial charge in [-0.05, 0) is 36.2 Å². The zero-order valence-corrected chi connectivity index (χ0v) is 17.3. The van der Waals surface area contributed by atoms with Crippen molar-refractivity contribution in [2.45, 2.75) is 19.4 Å². The highest BCUT2D eigenvalue weighted by molar-refractivity contribution is 9.10. The molecule has 0 heterocycles. The number of rotatable bonds is 9. The Bertz CT molecular complexity index is 771. The van der Waals surface area contributed by atoms with E-state index in [1.807, 2.05) is 48.5 Å². The second kappa shape index (κ2) is 11.1. The van der Waals surface area contributed by atoms with Crippen molar-refractivity contribution in [3.8, 4) is 0 Å². The first-order valence-electron chi connectivity index (χ1n) is 8.64. The molecule has 0 spiro atoms. The molecule has 0 fully saturated rings. The van der Waals surface area contributed by atoms with Gasteiger partial charge in [-0.15, -0.1) is 11.6 Å². The highest BCUT2D eigenvalue weighted by Crippen LogP contribution is 2.31. The molecule has 0 aromatic heterocycles. The van der Waals surface area contributed by atoms with Crippen LogP contribution in [0.5, 0.6) is 0 Å². The van der Waals surface area contributed by atoms with Crippen LogP contribution in [0.25, 0.3) is 0 Å². The standard InChI is InChI=1S/C20H22BrClN2O3/c1-2-27-19(26)13-23-20(14-6-4-3-5-7-14)16-12-15(21)8-9-17(16)24-18(25)10-11-22/h3-9,12,20,23H,2,10-11,13H2,1H3,(H,24,25)/t20-/m1/s1. The van der Waals surface area contributed by atoms with Crippen molar-refractivity contribution in [2.75, 3.05) is 24.3 Å². The largest absolute Gasteiger partial charge is 0.465 e. The van der Waals surface area contributed by atoms with E-state index < -0.39 is 0 Å². The van der Waals surface area contributed by atoms with Gasteiger partial charge in [-0.2, -0.15) is 0 Å². The number of nitrogens with one attached hydrogen (secondary N) is 2. The number of amides is 1. The number of halogens is 2. The summed E-state index contributed by atoms with van der Waals surface area (Å²) in [5, 5.41) is 6.14. The molecule has 0 bridgehead atoms. The number of anilines is 1. The van der Waals surface area contributed by atoms with Crippen molar-refractivity contribution >= 4 is 45.1 Å². The average molecular weight is 454 g/mol. The van der Waals surface area contributed by atoms with Crippen LogP contribution in [-0.4, -0.2) is 30.9 Å². The molecule has 0 unspecified atom stereocenters. The molecular weight excluding hydrogens is 432 g/mol. The smallest absolute Gasteiger partial charge is 0.319 e. The monoisotopic (exact) mass is 452 g/mol. The number of carbonyl (C=O) groups is 2. The molecule has 0 aliphatic rings. The van der Waals surface area contributed by atoms with Crippen LogP contribution in [0, 0.1) is 0 Å². The van der Waals surface area contributed by atoms with Crippen molar-refractivity contribution in [2.24, 2.45) is 0 Å². The molecule has 0 radical (unpaired) electrons. The molecule has 0 aliphatic carbocycles. The van der Waals surface area contributed by atoms with Crippen LogP contribution in [0.2, 0.25) is 0 Å². The first-order valence-corrected chi connectivity index (χ1v) is 9.97. The molecule has 1 atom stereocenters. The molecule has 2 N–H and O–H groups in total. The highest BCUT2D eigenvalue weighted by atomic mass is 79.9. The topological polar surface area (TPSA) is 67.4 Å². The molecule has 1 amide bonds. The van der Waals surface area contributed by atoms with Gasteiger partial charge in [-0.25, -0.2) is 0 Å². The number of hydrogen-bond donors (Lipinski definition) is 2. The Hall–Kier alpha value is -1.89. The van der Waals surface area contributed by atoms with Gasteiger partial charge < -0.3 is 10.1 Å². The minimum atomic E-state index is -0.332. The third-order valence-electron chi connectivity index (χ3n) is 3.81. The van der Waals surface area contributed by atoms with E-state index in [1.165, 1.54) is 0 Å². The summed E-state index contributed by atoms with van der Waals surface area (Å²) in [5.41, 5.74) is 2.47. The summed E-state index contributed by atoms with van der Waals surface area (Å²) in [6.07, 6.45) is 0.226. The van der Waals surface area contributed by atoms with Crippen molar-refractivity contribution in [3.63, 3.8) is 0 Å². The van der Waals surface area contributed by atoms with Gasteiger partial charge in [0.2, 0.25) is 5.91 Å². The Morgan fingerprint density at radius 2 is 1.93 bits per heavy atom. The number of esters is 1. The Morgan fingerprint density at radius 1 is 1.19 bits per heavy atom. The molecule has 144 valence electrons. The van der Waals surface area contributed by atoms with Crippen LogP contribution in [-0.2, 0) is 14.3 Å². The number of hydrogen-bond acceptors (Lipinski definition) is 4. The maximum atomic E-state index is 12.1. The van der Waals surface area contributed by atoms with Gasteiger partial charge in [-0.1, -0.05) is 46.3 Å². The fourth-order valence-corrected chi connectivity index (χ4v) is 3.19. The van der Waals surface area contributed by atoms with Crippen molar-refractivity contribution in [1.29, 1.82) is 0 Å². The fraction of sp³-hybridized carbons (Fsp3) is 0.300. The molecule has 7 heteroatoms. The lowest BCUT2D eigenvalue weighted by Crippen LogP contribution is -2.30. The summed E-state index contributed by atoms with van der Waals surface area (Å²) in [5.74, 6) is -0.243. The van der Waals surface area contributed by atoms with E-state index in [4.69, 9.17) is 16.3 Å². The predicted octanol–water partition coefficient (Wildman–Crippen LogP) is 4.26. The SMILES string of the molecule is CCOC(=O)CN[C@H](c1ccccc1)c1cc(Br)ccc1NC(=O)CCCl. The summed E-state index contributed by atoms with van der Waals surface area (Å²) >= 11 is 9.15. The zero-order valence-electron chi connectivity index (χ0n) is 15.0. The average Bonchev–Trinajstić information content (AvgIpc) is 2.65.